The fourth-order valence-electron chi connectivity index (χ4n) is 4.84. The van der Waals surface area contributed by atoms with Crippen LogP contribution < -0.4 is 5.32 Å². The van der Waals surface area contributed by atoms with Crippen LogP contribution in [0.3, 0.4) is 0 Å². The van der Waals surface area contributed by atoms with Crippen molar-refractivity contribution in [2.24, 2.45) is 5.92 Å². The highest BCUT2D eigenvalue weighted by Gasteiger charge is 2.32. The van der Waals surface area contributed by atoms with Gasteiger partial charge in [-0.15, -0.1) is 0 Å². The zero-order valence-electron chi connectivity index (χ0n) is 19.7. The molecule has 3 aromatic rings. The molecule has 0 aliphatic carbocycles. The number of halogens is 1. The fraction of sp³-hybridized carbons (Fsp3) is 0.370. The molecular weight excluding hydrogens is 447 g/mol. The highest BCUT2D eigenvalue weighted by atomic mass is 19.1. The van der Waals surface area contributed by atoms with E-state index in [2.05, 4.69) is 10.3 Å². The predicted molar refractivity (Wildman–Crippen MR) is 128 cm³/mol. The predicted octanol–water partition coefficient (Wildman–Crippen LogP) is 4.02. The van der Waals surface area contributed by atoms with E-state index in [1.165, 1.54) is 12.1 Å². The standard InChI is InChI=1S/C27H29FN4O3/c1-18(19-7-9-22(28)10-8-19)30-26(33)21-11-13-31(14-12-21)27(34)25-23-16-35-24(15-32(23)17-29-25)20-5-3-2-4-6-20/h2-10,17-18,21,24H,11-16H2,1H3,(H,30,33)/t18-,24+/m0/s1. The molecule has 0 saturated carbocycles. The van der Waals surface area contributed by atoms with E-state index < -0.39 is 0 Å². The summed E-state index contributed by atoms with van der Waals surface area (Å²) in [5.41, 5.74) is 3.20. The number of carbonyl (C=O) groups excluding carboxylic acids is 2. The monoisotopic (exact) mass is 476 g/mol. The maximum absolute atomic E-state index is 13.2. The Morgan fingerprint density at radius 3 is 2.51 bits per heavy atom. The highest BCUT2D eigenvalue weighted by molar-refractivity contribution is 5.93. The molecule has 182 valence electrons. The van der Waals surface area contributed by atoms with Gasteiger partial charge in [-0.3, -0.25) is 9.59 Å². The number of aromatic nitrogens is 2. The van der Waals surface area contributed by atoms with Crippen molar-refractivity contribution in [1.82, 2.24) is 19.8 Å². The molecule has 2 amide bonds. The summed E-state index contributed by atoms with van der Waals surface area (Å²) < 4.78 is 21.2. The van der Waals surface area contributed by atoms with Gasteiger partial charge in [-0.1, -0.05) is 42.5 Å². The zero-order valence-corrected chi connectivity index (χ0v) is 19.7. The minimum atomic E-state index is -0.300. The second-order valence-corrected chi connectivity index (χ2v) is 9.25. The van der Waals surface area contributed by atoms with Crippen molar-refractivity contribution in [3.8, 4) is 0 Å². The first-order valence-corrected chi connectivity index (χ1v) is 12.0. The molecule has 2 atom stereocenters. The molecule has 2 aliphatic rings. The molecule has 0 spiro atoms. The molecule has 5 rings (SSSR count). The Labute approximate surface area is 203 Å². The molecule has 1 N–H and O–H groups in total. The first-order chi connectivity index (χ1) is 17.0. The largest absolute Gasteiger partial charge is 0.365 e. The summed E-state index contributed by atoms with van der Waals surface area (Å²) in [6.07, 6.45) is 2.84. The number of imidazole rings is 1. The summed E-state index contributed by atoms with van der Waals surface area (Å²) in [7, 11) is 0. The van der Waals surface area contributed by atoms with Crippen molar-refractivity contribution in [1.29, 1.82) is 0 Å². The summed E-state index contributed by atoms with van der Waals surface area (Å²) in [4.78, 5) is 32.2. The summed E-state index contributed by atoms with van der Waals surface area (Å²) in [6.45, 7) is 3.84. The van der Waals surface area contributed by atoms with Crippen molar-refractivity contribution in [3.63, 3.8) is 0 Å². The van der Waals surface area contributed by atoms with E-state index in [4.69, 9.17) is 4.74 Å². The lowest BCUT2D eigenvalue weighted by atomic mass is 9.95. The lowest BCUT2D eigenvalue weighted by Gasteiger charge is -2.32. The second-order valence-electron chi connectivity index (χ2n) is 9.25. The molecule has 0 radical (unpaired) electrons. The first-order valence-electron chi connectivity index (χ1n) is 12.0. The van der Waals surface area contributed by atoms with Gasteiger partial charge >= 0.3 is 0 Å². The molecule has 0 bridgehead atoms. The van der Waals surface area contributed by atoms with Crippen LogP contribution >= 0.6 is 0 Å². The third-order valence-electron chi connectivity index (χ3n) is 6.99. The first kappa shape index (κ1) is 23.2. The third kappa shape index (κ3) is 4.98. The number of piperidine rings is 1. The van der Waals surface area contributed by atoms with Gasteiger partial charge in [-0.2, -0.15) is 0 Å². The average Bonchev–Trinajstić information content (AvgIpc) is 3.32. The van der Waals surface area contributed by atoms with E-state index in [0.717, 1.165) is 16.8 Å². The van der Waals surface area contributed by atoms with Gasteiger partial charge in [0, 0.05) is 19.0 Å². The Balaban J connectivity index is 1.16. The van der Waals surface area contributed by atoms with Crippen molar-refractivity contribution >= 4 is 11.8 Å². The van der Waals surface area contributed by atoms with Crippen molar-refractivity contribution < 1.29 is 18.7 Å². The number of ether oxygens (including phenoxy) is 1. The third-order valence-corrected chi connectivity index (χ3v) is 6.99. The van der Waals surface area contributed by atoms with Gasteiger partial charge in [0.2, 0.25) is 5.91 Å². The quantitative estimate of drug-likeness (QED) is 0.604. The van der Waals surface area contributed by atoms with E-state index in [1.807, 2.05) is 41.8 Å². The van der Waals surface area contributed by atoms with Crippen LogP contribution in [-0.2, 0) is 22.7 Å². The minimum absolute atomic E-state index is 0.0337. The van der Waals surface area contributed by atoms with Crippen LogP contribution in [0.15, 0.2) is 60.9 Å². The van der Waals surface area contributed by atoms with Gasteiger partial charge in [-0.05, 0) is 43.0 Å². The number of amides is 2. The second kappa shape index (κ2) is 10.00. The Bertz CT molecular complexity index is 1190. The van der Waals surface area contributed by atoms with E-state index in [0.29, 0.717) is 44.8 Å². The number of hydrogen-bond donors (Lipinski definition) is 1. The number of nitrogens with zero attached hydrogens (tertiary/aromatic N) is 3. The molecule has 2 aliphatic heterocycles. The summed E-state index contributed by atoms with van der Waals surface area (Å²) in [6, 6.07) is 16.0. The molecule has 35 heavy (non-hydrogen) atoms. The number of benzene rings is 2. The molecule has 3 heterocycles. The number of rotatable bonds is 5. The number of nitrogens with one attached hydrogen (secondary N) is 1. The van der Waals surface area contributed by atoms with Crippen LogP contribution in [0.4, 0.5) is 4.39 Å². The lowest BCUT2D eigenvalue weighted by molar-refractivity contribution is -0.127. The molecule has 0 unspecified atom stereocenters. The smallest absolute Gasteiger partial charge is 0.274 e. The van der Waals surface area contributed by atoms with Crippen molar-refractivity contribution in [3.05, 3.63) is 89.3 Å². The molecule has 1 fully saturated rings. The van der Waals surface area contributed by atoms with Gasteiger partial charge in [-0.25, -0.2) is 9.37 Å². The van der Waals surface area contributed by atoms with Crippen LogP contribution in [0.1, 0.15) is 59.2 Å². The summed E-state index contributed by atoms with van der Waals surface area (Å²) in [5, 5.41) is 3.02. The van der Waals surface area contributed by atoms with E-state index in [1.54, 1.807) is 23.4 Å². The fourth-order valence-corrected chi connectivity index (χ4v) is 4.84. The molecule has 1 aromatic heterocycles. The number of fused-ring (bicyclic) bond motifs is 1. The Morgan fingerprint density at radius 2 is 1.80 bits per heavy atom. The van der Waals surface area contributed by atoms with Gasteiger partial charge < -0.3 is 19.5 Å². The van der Waals surface area contributed by atoms with Gasteiger partial charge in [0.15, 0.2) is 5.69 Å². The van der Waals surface area contributed by atoms with Crippen LogP contribution in [-0.4, -0.2) is 39.4 Å². The van der Waals surface area contributed by atoms with Gasteiger partial charge in [0.05, 0.1) is 31.2 Å². The molecule has 7 nitrogen and oxygen atoms in total. The summed E-state index contributed by atoms with van der Waals surface area (Å²) >= 11 is 0. The SMILES string of the molecule is C[C@H](NC(=O)C1CCN(C(=O)c2ncn3c2CO[C@@H](c2ccccc2)C3)CC1)c1ccc(F)cc1. The molecule has 1 saturated heterocycles. The normalized spacial score (nSPS) is 19.1. The minimum Gasteiger partial charge on any atom is -0.365 e. The molecular formula is C27H29FN4O3. The maximum atomic E-state index is 13.2. The zero-order chi connectivity index (χ0) is 24.4. The Hall–Kier alpha value is -3.52. The molecule has 2 aromatic carbocycles. The van der Waals surface area contributed by atoms with E-state index in [9.17, 15) is 14.0 Å². The van der Waals surface area contributed by atoms with Crippen LogP contribution in [0, 0.1) is 11.7 Å². The Morgan fingerprint density at radius 1 is 1.09 bits per heavy atom. The number of carbonyl (C=O) groups is 2. The van der Waals surface area contributed by atoms with Crippen molar-refractivity contribution in [2.45, 2.75) is 45.1 Å². The van der Waals surface area contributed by atoms with E-state index >= 15 is 0 Å². The number of hydrogen-bond acceptors (Lipinski definition) is 4. The highest BCUT2D eigenvalue weighted by Crippen LogP contribution is 2.29. The van der Waals surface area contributed by atoms with Crippen molar-refractivity contribution in [2.75, 3.05) is 13.1 Å². The maximum Gasteiger partial charge on any atom is 0.274 e. The average molecular weight is 477 g/mol. The lowest BCUT2D eigenvalue weighted by Crippen LogP contribution is -2.43. The van der Waals surface area contributed by atoms with Gasteiger partial charge in [0.25, 0.3) is 5.91 Å². The van der Waals surface area contributed by atoms with Crippen LogP contribution in [0.25, 0.3) is 0 Å². The van der Waals surface area contributed by atoms with Crippen LogP contribution in [0.2, 0.25) is 0 Å². The topological polar surface area (TPSA) is 76.5 Å². The molecule has 8 heteroatoms. The summed E-state index contributed by atoms with van der Waals surface area (Å²) in [5.74, 6) is -0.605. The van der Waals surface area contributed by atoms with Crippen LogP contribution in [0.5, 0.6) is 0 Å². The Kier molecular flexibility index (Phi) is 6.63. The van der Waals surface area contributed by atoms with Gasteiger partial charge in [0.1, 0.15) is 11.9 Å². The van der Waals surface area contributed by atoms with E-state index in [-0.39, 0.29) is 35.7 Å². The number of likely N-dealkylation sites (tertiary alicyclic amines) is 1.